The molecule has 0 aliphatic heterocycles. The molecule has 0 spiro atoms. The number of rotatable bonds is 9. The lowest BCUT2D eigenvalue weighted by Gasteiger charge is -2.38. The fourth-order valence-electron chi connectivity index (χ4n) is 5.62. The molecule has 0 bridgehead atoms. The monoisotopic (exact) mass is 529 g/mol. The van der Waals surface area contributed by atoms with Crippen LogP contribution in [0.2, 0.25) is 0 Å². The molecule has 2 aliphatic rings. The van der Waals surface area contributed by atoms with Gasteiger partial charge in [0.15, 0.2) is 0 Å². The Bertz CT molecular complexity index is 1130. The number of nitrogens with zero attached hydrogens (tertiary/aromatic N) is 3. The number of esters is 1. The Labute approximate surface area is 221 Å². The molecule has 1 aromatic heterocycles. The van der Waals surface area contributed by atoms with E-state index in [1.807, 2.05) is 37.3 Å². The minimum absolute atomic E-state index is 0.00871. The number of benzene rings is 1. The standard InChI is InChI=1S/C29H34F3N3O3/c1-3-22(15-20-7-5-4-6-8-20)24-16-25(24)35(28(37)29(30,31)32)23-13-11-19(12-14-23)9-10-21-17-33-26(34-18-21)27(36)38-2/h4-8,15,17-19,23-25H,3,9-14,16H2,1-2H3/b22-15+/t19?,23?,24-,25+/m0/s1. The van der Waals surface area contributed by atoms with Crippen molar-refractivity contribution in [1.29, 1.82) is 0 Å². The van der Waals surface area contributed by atoms with Gasteiger partial charge in [0.1, 0.15) is 0 Å². The molecule has 2 atom stereocenters. The molecule has 1 heterocycles. The highest BCUT2D eigenvalue weighted by molar-refractivity contribution is 5.84. The van der Waals surface area contributed by atoms with E-state index in [0.717, 1.165) is 48.8 Å². The largest absolute Gasteiger partial charge is 0.471 e. The van der Waals surface area contributed by atoms with Gasteiger partial charge in [-0.25, -0.2) is 14.8 Å². The van der Waals surface area contributed by atoms with Gasteiger partial charge in [0.05, 0.1) is 7.11 Å². The summed E-state index contributed by atoms with van der Waals surface area (Å²) in [5.41, 5.74) is 3.01. The second-order valence-electron chi connectivity index (χ2n) is 10.2. The van der Waals surface area contributed by atoms with Crippen LogP contribution in [0.4, 0.5) is 13.2 Å². The Morgan fingerprint density at radius 3 is 2.32 bits per heavy atom. The lowest BCUT2D eigenvalue weighted by Crippen LogP contribution is -2.50. The molecule has 1 aromatic carbocycles. The van der Waals surface area contributed by atoms with E-state index in [-0.39, 0.29) is 11.7 Å². The van der Waals surface area contributed by atoms with Crippen molar-refractivity contribution < 1.29 is 27.5 Å². The van der Waals surface area contributed by atoms with Crippen molar-refractivity contribution in [2.75, 3.05) is 7.11 Å². The van der Waals surface area contributed by atoms with Gasteiger partial charge in [-0.1, -0.05) is 48.9 Å². The third-order valence-electron chi connectivity index (χ3n) is 7.75. The van der Waals surface area contributed by atoms with E-state index in [2.05, 4.69) is 20.8 Å². The highest BCUT2D eigenvalue weighted by Crippen LogP contribution is 2.47. The van der Waals surface area contributed by atoms with E-state index in [4.69, 9.17) is 0 Å². The normalized spacial score (nSPS) is 23.6. The van der Waals surface area contributed by atoms with Crippen LogP contribution in [0.1, 0.15) is 73.6 Å². The number of hydrogen-bond donors (Lipinski definition) is 0. The van der Waals surface area contributed by atoms with Crippen LogP contribution < -0.4 is 0 Å². The molecule has 0 unspecified atom stereocenters. The molecule has 2 aliphatic carbocycles. The maximum absolute atomic E-state index is 13.6. The zero-order chi connectivity index (χ0) is 27.3. The van der Waals surface area contributed by atoms with Gasteiger partial charge in [-0.15, -0.1) is 0 Å². The topological polar surface area (TPSA) is 72.4 Å². The molecule has 204 valence electrons. The van der Waals surface area contributed by atoms with Crippen molar-refractivity contribution >= 4 is 18.0 Å². The van der Waals surface area contributed by atoms with Crippen LogP contribution in [-0.2, 0) is 16.0 Å². The number of hydrogen-bond acceptors (Lipinski definition) is 5. The summed E-state index contributed by atoms with van der Waals surface area (Å²) in [5, 5.41) is 0. The molecule has 6 nitrogen and oxygen atoms in total. The van der Waals surface area contributed by atoms with Crippen LogP contribution in [0.3, 0.4) is 0 Å². The van der Waals surface area contributed by atoms with Crippen LogP contribution in [0, 0.1) is 11.8 Å². The lowest BCUT2D eigenvalue weighted by atomic mass is 9.82. The van der Waals surface area contributed by atoms with Crippen LogP contribution in [0.25, 0.3) is 6.08 Å². The first-order valence-corrected chi connectivity index (χ1v) is 13.3. The van der Waals surface area contributed by atoms with Gasteiger partial charge < -0.3 is 9.64 Å². The second kappa shape index (κ2) is 12.1. The quantitative estimate of drug-likeness (QED) is 0.371. The molecule has 1 amide bonds. The summed E-state index contributed by atoms with van der Waals surface area (Å²) < 4.78 is 45.5. The predicted molar refractivity (Wildman–Crippen MR) is 137 cm³/mol. The van der Waals surface area contributed by atoms with E-state index < -0.39 is 30.1 Å². The Hall–Kier alpha value is -3.23. The fraction of sp³-hybridized carbons (Fsp3) is 0.517. The van der Waals surface area contributed by atoms with E-state index in [9.17, 15) is 22.8 Å². The fourth-order valence-corrected chi connectivity index (χ4v) is 5.62. The molecular formula is C29H34F3N3O3. The minimum Gasteiger partial charge on any atom is -0.463 e. The smallest absolute Gasteiger partial charge is 0.463 e. The van der Waals surface area contributed by atoms with Crippen molar-refractivity contribution in [3.8, 4) is 0 Å². The Morgan fingerprint density at radius 1 is 1.08 bits per heavy atom. The van der Waals surface area contributed by atoms with Crippen LogP contribution in [0.15, 0.2) is 48.3 Å². The molecular weight excluding hydrogens is 495 g/mol. The van der Waals surface area contributed by atoms with Gasteiger partial charge in [-0.05, 0) is 68.4 Å². The van der Waals surface area contributed by atoms with Crippen LogP contribution in [-0.4, -0.2) is 52.1 Å². The summed E-state index contributed by atoms with van der Waals surface area (Å²) in [6.45, 7) is 2.01. The van der Waals surface area contributed by atoms with Gasteiger partial charge >= 0.3 is 18.1 Å². The maximum atomic E-state index is 13.6. The number of carbonyl (C=O) groups excluding carboxylic acids is 2. The molecule has 4 rings (SSSR count). The summed E-state index contributed by atoms with van der Waals surface area (Å²) in [6, 6.07) is 8.97. The average molecular weight is 530 g/mol. The number of amides is 1. The van der Waals surface area contributed by atoms with Crippen LogP contribution >= 0.6 is 0 Å². The first kappa shape index (κ1) is 27.8. The first-order valence-electron chi connectivity index (χ1n) is 13.3. The Kier molecular flexibility index (Phi) is 8.84. The van der Waals surface area contributed by atoms with E-state index in [1.165, 1.54) is 12.0 Å². The average Bonchev–Trinajstić information content (AvgIpc) is 3.71. The maximum Gasteiger partial charge on any atom is 0.471 e. The van der Waals surface area contributed by atoms with E-state index in [0.29, 0.717) is 25.2 Å². The minimum atomic E-state index is -4.88. The number of ether oxygens (including phenoxy) is 1. The molecule has 0 saturated heterocycles. The zero-order valence-corrected chi connectivity index (χ0v) is 21.8. The number of aromatic nitrogens is 2. The Morgan fingerprint density at radius 2 is 1.74 bits per heavy atom. The molecule has 2 aromatic rings. The third kappa shape index (κ3) is 6.79. The van der Waals surface area contributed by atoms with Gasteiger partial charge in [-0.2, -0.15) is 13.2 Å². The molecule has 38 heavy (non-hydrogen) atoms. The molecule has 0 radical (unpaired) electrons. The number of aryl methyl sites for hydroxylation is 1. The van der Waals surface area contributed by atoms with E-state index >= 15 is 0 Å². The highest BCUT2D eigenvalue weighted by Gasteiger charge is 2.54. The van der Waals surface area contributed by atoms with Crippen molar-refractivity contribution in [3.05, 3.63) is 65.2 Å². The summed E-state index contributed by atoms with van der Waals surface area (Å²) in [5.74, 6) is -1.96. The number of alkyl halides is 3. The van der Waals surface area contributed by atoms with Crippen molar-refractivity contribution in [1.82, 2.24) is 14.9 Å². The van der Waals surface area contributed by atoms with E-state index in [1.54, 1.807) is 12.4 Å². The summed E-state index contributed by atoms with van der Waals surface area (Å²) in [7, 11) is 1.27. The lowest BCUT2D eigenvalue weighted by molar-refractivity contribution is -0.189. The van der Waals surface area contributed by atoms with Crippen molar-refractivity contribution in [2.24, 2.45) is 11.8 Å². The SMILES string of the molecule is CC/C(=C\c1ccccc1)[C@@H]1C[C@H]1N(C(=O)C(F)(F)F)C1CCC(CCc2cnc(C(=O)OC)nc2)CC1. The Balaban J connectivity index is 1.37. The van der Waals surface area contributed by atoms with Gasteiger partial charge in [0, 0.05) is 30.4 Å². The molecule has 2 saturated carbocycles. The molecule has 0 N–H and O–H groups in total. The molecule has 9 heteroatoms. The van der Waals surface area contributed by atoms with Crippen molar-refractivity contribution in [3.63, 3.8) is 0 Å². The van der Waals surface area contributed by atoms with Gasteiger partial charge in [-0.3, -0.25) is 4.79 Å². The number of carbonyl (C=O) groups is 2. The summed E-state index contributed by atoms with van der Waals surface area (Å²) in [4.78, 5) is 33.3. The van der Waals surface area contributed by atoms with Crippen molar-refractivity contribution in [2.45, 2.75) is 76.6 Å². The third-order valence-corrected chi connectivity index (χ3v) is 7.75. The van der Waals surface area contributed by atoms with Gasteiger partial charge in [0.25, 0.3) is 0 Å². The summed E-state index contributed by atoms with van der Waals surface area (Å²) in [6.07, 6.45) is 5.95. The molecule has 2 fully saturated rings. The highest BCUT2D eigenvalue weighted by atomic mass is 19.4. The van der Waals surface area contributed by atoms with Gasteiger partial charge in [0.2, 0.25) is 5.82 Å². The second-order valence-corrected chi connectivity index (χ2v) is 10.2. The predicted octanol–water partition coefficient (Wildman–Crippen LogP) is 6.03. The number of methoxy groups -OCH3 is 1. The first-order chi connectivity index (χ1) is 18.2. The summed E-state index contributed by atoms with van der Waals surface area (Å²) >= 11 is 0. The zero-order valence-electron chi connectivity index (χ0n) is 21.8. The van der Waals surface area contributed by atoms with Crippen LogP contribution in [0.5, 0.6) is 0 Å². The number of halogens is 3.